The van der Waals surface area contributed by atoms with E-state index in [0.29, 0.717) is 18.8 Å². The van der Waals surface area contributed by atoms with Gasteiger partial charge in [0.25, 0.3) is 5.56 Å². The third-order valence-electron chi connectivity index (χ3n) is 4.13. The lowest BCUT2D eigenvalue weighted by atomic mass is 10.1. The predicted molar refractivity (Wildman–Crippen MR) is 90.3 cm³/mol. The molecule has 1 aromatic heterocycles. The maximum Gasteiger partial charge on any atom is 0.269 e. The van der Waals surface area contributed by atoms with E-state index in [9.17, 15) is 9.59 Å². The average molecular weight is 322 g/mol. The second-order valence-electron chi connectivity index (χ2n) is 5.63. The number of hydrogen-bond donors (Lipinski definition) is 1. The molecule has 1 aliphatic heterocycles. The fourth-order valence-corrected chi connectivity index (χ4v) is 2.83. The zero-order chi connectivity index (χ0) is 16.9. The predicted octanol–water partition coefficient (Wildman–Crippen LogP) is 0.819. The van der Waals surface area contributed by atoms with E-state index in [-0.39, 0.29) is 18.0 Å². The molecule has 0 bridgehead atoms. The molecule has 6 heteroatoms. The topological polar surface area (TPSA) is 78.1 Å². The van der Waals surface area contributed by atoms with Crippen molar-refractivity contribution in [3.05, 3.63) is 58.4 Å². The Balaban J connectivity index is 1.99. The minimum atomic E-state index is -0.428. The first-order chi connectivity index (χ1) is 11.7. The molecule has 122 valence electrons. The highest BCUT2D eigenvalue weighted by Gasteiger charge is 2.19. The summed E-state index contributed by atoms with van der Waals surface area (Å²) in [6.07, 6.45) is 0. The molecule has 0 aliphatic carbocycles. The molecule has 0 radical (unpaired) electrons. The van der Waals surface area contributed by atoms with Crippen LogP contribution in [0.1, 0.15) is 5.56 Å². The monoisotopic (exact) mass is 322 g/mol. The van der Waals surface area contributed by atoms with Crippen LogP contribution in [0.25, 0.3) is 11.3 Å². The van der Waals surface area contributed by atoms with E-state index in [1.54, 1.807) is 11.0 Å². The van der Waals surface area contributed by atoms with Gasteiger partial charge in [-0.1, -0.05) is 30.3 Å². The SMILES string of the molecule is N#Cc1ccc(-c2ccccc2)n(CC(=O)N2CCNCC2)c1=O. The van der Waals surface area contributed by atoms with Crippen LogP contribution in [0, 0.1) is 11.3 Å². The fourth-order valence-electron chi connectivity index (χ4n) is 2.83. The zero-order valence-electron chi connectivity index (χ0n) is 13.2. The van der Waals surface area contributed by atoms with Crippen LogP contribution in [0.2, 0.25) is 0 Å². The highest BCUT2D eigenvalue weighted by Crippen LogP contribution is 2.18. The Kier molecular flexibility index (Phi) is 4.73. The molecule has 2 aromatic rings. The first-order valence-electron chi connectivity index (χ1n) is 7.88. The molecule has 0 unspecified atom stereocenters. The number of aromatic nitrogens is 1. The average Bonchev–Trinajstić information content (AvgIpc) is 2.64. The first-order valence-corrected chi connectivity index (χ1v) is 7.88. The number of pyridine rings is 1. The van der Waals surface area contributed by atoms with Gasteiger partial charge in [0.2, 0.25) is 5.91 Å². The number of nitriles is 1. The largest absolute Gasteiger partial charge is 0.339 e. The summed E-state index contributed by atoms with van der Waals surface area (Å²) in [5.41, 5.74) is 1.10. The van der Waals surface area contributed by atoms with Crippen molar-refractivity contribution in [1.29, 1.82) is 5.26 Å². The van der Waals surface area contributed by atoms with Crippen LogP contribution < -0.4 is 10.9 Å². The van der Waals surface area contributed by atoms with Crippen molar-refractivity contribution in [3.8, 4) is 17.3 Å². The second kappa shape index (κ2) is 7.11. The van der Waals surface area contributed by atoms with E-state index in [0.717, 1.165) is 18.7 Å². The van der Waals surface area contributed by atoms with Crippen molar-refractivity contribution in [2.24, 2.45) is 0 Å². The van der Waals surface area contributed by atoms with E-state index < -0.39 is 5.56 Å². The molecule has 0 atom stereocenters. The normalized spacial score (nSPS) is 14.2. The molecular weight excluding hydrogens is 304 g/mol. The van der Waals surface area contributed by atoms with Crippen LogP contribution in [-0.2, 0) is 11.3 Å². The molecule has 1 fully saturated rings. The fraction of sp³-hybridized carbons (Fsp3) is 0.278. The summed E-state index contributed by atoms with van der Waals surface area (Å²) in [6.45, 7) is 2.71. The summed E-state index contributed by atoms with van der Waals surface area (Å²) in [7, 11) is 0. The molecule has 1 aliphatic rings. The molecule has 1 amide bonds. The molecule has 24 heavy (non-hydrogen) atoms. The van der Waals surface area contributed by atoms with Gasteiger partial charge in [-0.15, -0.1) is 0 Å². The lowest BCUT2D eigenvalue weighted by molar-refractivity contribution is -0.132. The van der Waals surface area contributed by atoms with Crippen LogP contribution in [0.5, 0.6) is 0 Å². The third-order valence-corrected chi connectivity index (χ3v) is 4.13. The Morgan fingerprint density at radius 2 is 1.83 bits per heavy atom. The van der Waals surface area contributed by atoms with Gasteiger partial charge in [0.05, 0.1) is 5.69 Å². The summed E-state index contributed by atoms with van der Waals surface area (Å²) in [6, 6.07) is 14.5. The molecule has 0 spiro atoms. The zero-order valence-corrected chi connectivity index (χ0v) is 13.2. The number of nitrogens with one attached hydrogen (secondary N) is 1. The van der Waals surface area contributed by atoms with Crippen molar-refractivity contribution in [2.75, 3.05) is 26.2 Å². The maximum atomic E-state index is 12.6. The quantitative estimate of drug-likeness (QED) is 0.907. The van der Waals surface area contributed by atoms with Crippen LogP contribution in [0.15, 0.2) is 47.3 Å². The second-order valence-corrected chi connectivity index (χ2v) is 5.63. The summed E-state index contributed by atoms with van der Waals surface area (Å²) >= 11 is 0. The standard InChI is InChI=1S/C18H18N4O2/c19-12-15-6-7-16(14-4-2-1-3-5-14)22(18(15)24)13-17(23)21-10-8-20-9-11-21/h1-7,20H,8-11,13H2. The summed E-state index contributed by atoms with van der Waals surface area (Å²) in [4.78, 5) is 26.9. The highest BCUT2D eigenvalue weighted by molar-refractivity contribution is 5.77. The van der Waals surface area contributed by atoms with Gasteiger partial charge in [0.1, 0.15) is 18.2 Å². The molecule has 3 rings (SSSR count). The lowest BCUT2D eigenvalue weighted by Gasteiger charge is -2.28. The number of carbonyl (C=O) groups excluding carboxylic acids is 1. The van der Waals surface area contributed by atoms with Crippen molar-refractivity contribution in [1.82, 2.24) is 14.8 Å². The Labute approximate surface area is 139 Å². The summed E-state index contributed by atoms with van der Waals surface area (Å²) < 4.78 is 1.40. The van der Waals surface area contributed by atoms with Gasteiger partial charge in [0.15, 0.2) is 0 Å². The number of carbonyl (C=O) groups is 1. The van der Waals surface area contributed by atoms with Crippen molar-refractivity contribution >= 4 is 5.91 Å². The Bertz CT molecular complexity index is 830. The van der Waals surface area contributed by atoms with E-state index in [4.69, 9.17) is 5.26 Å². The van der Waals surface area contributed by atoms with Crippen molar-refractivity contribution < 1.29 is 4.79 Å². The van der Waals surface area contributed by atoms with Gasteiger partial charge in [-0.2, -0.15) is 5.26 Å². The van der Waals surface area contributed by atoms with Crippen LogP contribution >= 0.6 is 0 Å². The van der Waals surface area contributed by atoms with E-state index in [2.05, 4.69) is 5.32 Å². The van der Waals surface area contributed by atoms with Gasteiger partial charge < -0.3 is 10.2 Å². The minimum Gasteiger partial charge on any atom is -0.339 e. The number of rotatable bonds is 3. The number of benzene rings is 1. The Hall–Kier alpha value is -2.91. The number of hydrogen-bond acceptors (Lipinski definition) is 4. The Morgan fingerprint density at radius 3 is 2.50 bits per heavy atom. The molecule has 2 heterocycles. The number of nitrogens with zero attached hydrogens (tertiary/aromatic N) is 3. The maximum absolute atomic E-state index is 12.6. The van der Waals surface area contributed by atoms with Gasteiger partial charge in [-0.25, -0.2) is 0 Å². The number of piperazine rings is 1. The van der Waals surface area contributed by atoms with Crippen LogP contribution in [-0.4, -0.2) is 41.6 Å². The van der Waals surface area contributed by atoms with E-state index >= 15 is 0 Å². The van der Waals surface area contributed by atoms with Gasteiger partial charge >= 0.3 is 0 Å². The summed E-state index contributed by atoms with van der Waals surface area (Å²) in [5.74, 6) is -0.106. The minimum absolute atomic E-state index is 0.0443. The van der Waals surface area contributed by atoms with Crippen LogP contribution in [0.3, 0.4) is 0 Å². The molecule has 0 saturated carbocycles. The van der Waals surface area contributed by atoms with E-state index in [1.807, 2.05) is 36.4 Å². The molecule has 6 nitrogen and oxygen atoms in total. The lowest BCUT2D eigenvalue weighted by Crippen LogP contribution is -2.48. The van der Waals surface area contributed by atoms with E-state index in [1.165, 1.54) is 10.6 Å². The highest BCUT2D eigenvalue weighted by atomic mass is 16.2. The van der Waals surface area contributed by atoms with Crippen molar-refractivity contribution in [2.45, 2.75) is 6.54 Å². The van der Waals surface area contributed by atoms with Gasteiger partial charge in [0, 0.05) is 26.2 Å². The van der Waals surface area contributed by atoms with Crippen LogP contribution in [0.4, 0.5) is 0 Å². The van der Waals surface area contributed by atoms with Crippen molar-refractivity contribution in [3.63, 3.8) is 0 Å². The Morgan fingerprint density at radius 1 is 1.12 bits per heavy atom. The molecular formula is C18H18N4O2. The molecule has 1 N–H and O–H groups in total. The van der Waals surface area contributed by atoms with Gasteiger partial charge in [-0.3, -0.25) is 14.2 Å². The number of amides is 1. The molecule has 1 aromatic carbocycles. The molecule has 1 saturated heterocycles. The van der Waals surface area contributed by atoms with Gasteiger partial charge in [-0.05, 0) is 17.7 Å². The summed E-state index contributed by atoms with van der Waals surface area (Å²) in [5, 5.41) is 12.3. The first kappa shape index (κ1) is 16.0. The smallest absolute Gasteiger partial charge is 0.269 e. The third kappa shape index (κ3) is 3.21.